The lowest BCUT2D eigenvalue weighted by atomic mass is 10.2. The number of fused-ring (bicyclic) bond motifs is 2. The number of pyridine rings is 1. The van der Waals surface area contributed by atoms with Gasteiger partial charge in [-0.3, -0.25) is 0 Å². The lowest BCUT2D eigenvalue weighted by Crippen LogP contribution is -2.10. The maximum atomic E-state index is 4.66. The number of halogens is 1. The van der Waals surface area contributed by atoms with Crippen LogP contribution in [-0.4, -0.2) is 19.7 Å². The summed E-state index contributed by atoms with van der Waals surface area (Å²) in [7, 11) is 0. The Kier molecular flexibility index (Phi) is 3.99. The molecule has 1 aliphatic rings. The number of hydrogen-bond donors (Lipinski definition) is 1. The van der Waals surface area contributed by atoms with Gasteiger partial charge < -0.3 is 9.88 Å². The lowest BCUT2D eigenvalue weighted by molar-refractivity contribution is 0.610. The Hall–Kier alpha value is -1.95. The van der Waals surface area contributed by atoms with Gasteiger partial charge >= 0.3 is 0 Å². The van der Waals surface area contributed by atoms with Crippen LogP contribution in [0.1, 0.15) is 30.9 Å². The van der Waals surface area contributed by atoms with Gasteiger partial charge in [0.15, 0.2) is 5.82 Å². The summed E-state index contributed by atoms with van der Waals surface area (Å²) < 4.78 is 3.33. The summed E-state index contributed by atoms with van der Waals surface area (Å²) in [5, 5.41) is 13.2. The average Bonchev–Trinajstić information content (AvgIpc) is 2.79. The first-order valence-corrected chi connectivity index (χ1v) is 8.80. The van der Waals surface area contributed by atoms with E-state index in [1.165, 1.54) is 19.3 Å². The first-order chi connectivity index (χ1) is 11.3. The average molecular weight is 372 g/mol. The van der Waals surface area contributed by atoms with Crippen LogP contribution in [0.3, 0.4) is 0 Å². The van der Waals surface area contributed by atoms with Crippen molar-refractivity contribution in [2.45, 2.75) is 38.8 Å². The van der Waals surface area contributed by atoms with Gasteiger partial charge in [-0.05, 0) is 43.2 Å². The Morgan fingerprint density at radius 1 is 1.09 bits per heavy atom. The van der Waals surface area contributed by atoms with Gasteiger partial charge in [0.1, 0.15) is 11.6 Å². The summed E-state index contributed by atoms with van der Waals surface area (Å²) >= 11 is 3.49. The molecular weight excluding hydrogens is 354 g/mol. The molecule has 1 aromatic carbocycles. The van der Waals surface area contributed by atoms with Gasteiger partial charge in [-0.2, -0.15) is 0 Å². The molecule has 0 amide bonds. The molecule has 0 fully saturated rings. The molecule has 0 radical (unpaired) electrons. The summed E-state index contributed by atoms with van der Waals surface area (Å²) in [4.78, 5) is 4.66. The second-order valence-corrected chi connectivity index (χ2v) is 6.80. The number of benzene rings is 1. The SMILES string of the molecule is Brc1ccc2nc(NCc3nnc4n3CCCCC4)ccc2c1. The minimum absolute atomic E-state index is 0.655. The van der Waals surface area contributed by atoms with Crippen molar-refractivity contribution in [3.63, 3.8) is 0 Å². The summed E-state index contributed by atoms with van der Waals surface area (Å²) in [5.74, 6) is 2.99. The van der Waals surface area contributed by atoms with Crippen molar-refractivity contribution in [1.82, 2.24) is 19.7 Å². The maximum absolute atomic E-state index is 4.66. The zero-order valence-corrected chi connectivity index (χ0v) is 14.4. The zero-order valence-electron chi connectivity index (χ0n) is 12.8. The Morgan fingerprint density at radius 2 is 2.04 bits per heavy atom. The largest absolute Gasteiger partial charge is 0.363 e. The molecule has 0 spiro atoms. The highest BCUT2D eigenvalue weighted by Crippen LogP contribution is 2.20. The molecule has 0 saturated carbocycles. The molecule has 0 bridgehead atoms. The molecular formula is C17H18BrN5. The molecule has 1 aliphatic heterocycles. The standard InChI is InChI=1S/C17H18BrN5/c18-13-6-7-14-12(10-13)5-8-15(20-14)19-11-17-22-21-16-4-2-1-3-9-23(16)17/h5-8,10H,1-4,9,11H2,(H,19,20). The highest BCUT2D eigenvalue weighted by atomic mass is 79.9. The van der Waals surface area contributed by atoms with Crippen LogP contribution in [0.5, 0.6) is 0 Å². The van der Waals surface area contributed by atoms with E-state index in [-0.39, 0.29) is 0 Å². The van der Waals surface area contributed by atoms with Gasteiger partial charge in [0.2, 0.25) is 0 Å². The third kappa shape index (κ3) is 3.08. The van der Waals surface area contributed by atoms with Crippen molar-refractivity contribution in [1.29, 1.82) is 0 Å². The number of aryl methyl sites for hydroxylation is 1. The van der Waals surface area contributed by atoms with E-state index >= 15 is 0 Å². The van der Waals surface area contributed by atoms with Crippen LogP contribution in [-0.2, 0) is 19.5 Å². The highest BCUT2D eigenvalue weighted by molar-refractivity contribution is 9.10. The topological polar surface area (TPSA) is 55.6 Å². The summed E-state index contributed by atoms with van der Waals surface area (Å²) in [6.07, 6.45) is 4.74. The van der Waals surface area contributed by atoms with Crippen LogP contribution < -0.4 is 5.32 Å². The monoisotopic (exact) mass is 371 g/mol. The third-order valence-electron chi connectivity index (χ3n) is 4.26. The Labute approximate surface area is 143 Å². The van der Waals surface area contributed by atoms with E-state index in [4.69, 9.17) is 0 Å². The fraction of sp³-hybridized carbons (Fsp3) is 0.353. The van der Waals surface area contributed by atoms with Crippen LogP contribution >= 0.6 is 15.9 Å². The smallest absolute Gasteiger partial charge is 0.152 e. The molecule has 23 heavy (non-hydrogen) atoms. The van der Waals surface area contributed by atoms with E-state index in [9.17, 15) is 0 Å². The first-order valence-electron chi connectivity index (χ1n) is 8.01. The zero-order chi connectivity index (χ0) is 15.6. The van der Waals surface area contributed by atoms with E-state index in [0.29, 0.717) is 6.54 Å². The third-order valence-corrected chi connectivity index (χ3v) is 4.76. The van der Waals surface area contributed by atoms with Gasteiger partial charge in [-0.25, -0.2) is 4.98 Å². The van der Waals surface area contributed by atoms with E-state index < -0.39 is 0 Å². The quantitative estimate of drug-likeness (QED) is 0.757. The van der Waals surface area contributed by atoms with Crippen LogP contribution in [0.4, 0.5) is 5.82 Å². The number of aromatic nitrogens is 4. The minimum Gasteiger partial charge on any atom is -0.363 e. The van der Waals surface area contributed by atoms with Gasteiger partial charge in [0, 0.05) is 22.8 Å². The van der Waals surface area contributed by atoms with E-state index in [1.807, 2.05) is 18.2 Å². The lowest BCUT2D eigenvalue weighted by Gasteiger charge is -2.09. The van der Waals surface area contributed by atoms with Crippen molar-refractivity contribution < 1.29 is 0 Å². The van der Waals surface area contributed by atoms with Gasteiger partial charge in [-0.1, -0.05) is 22.4 Å². The summed E-state index contributed by atoms with van der Waals surface area (Å²) in [6.45, 7) is 1.68. The second-order valence-electron chi connectivity index (χ2n) is 5.88. The molecule has 3 heterocycles. The van der Waals surface area contributed by atoms with Crippen molar-refractivity contribution in [3.05, 3.63) is 46.5 Å². The summed E-state index contributed by atoms with van der Waals surface area (Å²) in [5.41, 5.74) is 0.985. The highest BCUT2D eigenvalue weighted by Gasteiger charge is 2.14. The van der Waals surface area contributed by atoms with Gasteiger partial charge in [0.25, 0.3) is 0 Å². The molecule has 0 unspecified atom stereocenters. The molecule has 0 saturated heterocycles. The molecule has 5 nitrogen and oxygen atoms in total. The van der Waals surface area contributed by atoms with E-state index in [1.54, 1.807) is 0 Å². The minimum atomic E-state index is 0.655. The van der Waals surface area contributed by atoms with Crippen LogP contribution in [0.25, 0.3) is 10.9 Å². The fourth-order valence-electron chi connectivity index (χ4n) is 3.04. The Bertz CT molecular complexity index is 842. The van der Waals surface area contributed by atoms with Gasteiger partial charge in [-0.15, -0.1) is 10.2 Å². The molecule has 118 valence electrons. The Morgan fingerprint density at radius 3 is 3.00 bits per heavy atom. The Balaban J connectivity index is 1.53. The van der Waals surface area contributed by atoms with E-state index in [2.05, 4.69) is 53.1 Å². The van der Waals surface area contributed by atoms with Crippen molar-refractivity contribution in [2.24, 2.45) is 0 Å². The number of nitrogens with one attached hydrogen (secondary N) is 1. The van der Waals surface area contributed by atoms with Crippen molar-refractivity contribution in [3.8, 4) is 0 Å². The number of nitrogens with zero attached hydrogens (tertiary/aromatic N) is 4. The van der Waals surface area contributed by atoms with E-state index in [0.717, 1.165) is 45.8 Å². The van der Waals surface area contributed by atoms with Crippen molar-refractivity contribution in [2.75, 3.05) is 5.32 Å². The molecule has 2 aromatic heterocycles. The molecule has 0 atom stereocenters. The van der Waals surface area contributed by atoms with Crippen molar-refractivity contribution >= 4 is 32.7 Å². The van der Waals surface area contributed by atoms with Crippen LogP contribution in [0.2, 0.25) is 0 Å². The molecule has 3 aromatic rings. The molecule has 6 heteroatoms. The predicted octanol–water partition coefficient (Wildman–Crippen LogP) is 3.93. The number of anilines is 1. The second kappa shape index (κ2) is 6.28. The maximum Gasteiger partial charge on any atom is 0.152 e. The normalized spacial score (nSPS) is 14.5. The number of rotatable bonds is 3. The predicted molar refractivity (Wildman–Crippen MR) is 94.3 cm³/mol. The number of hydrogen-bond acceptors (Lipinski definition) is 4. The fourth-order valence-corrected chi connectivity index (χ4v) is 3.42. The van der Waals surface area contributed by atoms with Crippen LogP contribution in [0, 0.1) is 0 Å². The first kappa shape index (κ1) is 14.6. The van der Waals surface area contributed by atoms with Crippen LogP contribution in [0.15, 0.2) is 34.8 Å². The summed E-state index contributed by atoms with van der Waals surface area (Å²) in [6, 6.07) is 10.2. The van der Waals surface area contributed by atoms with Gasteiger partial charge in [0.05, 0.1) is 12.1 Å². The molecule has 4 rings (SSSR count). The molecule has 0 aliphatic carbocycles. The molecule has 1 N–H and O–H groups in total.